The highest BCUT2D eigenvalue weighted by atomic mass is 16.5. The Bertz CT molecular complexity index is 474. The molecule has 3 rings (SSSR count). The van der Waals surface area contributed by atoms with E-state index < -0.39 is 0 Å². The van der Waals surface area contributed by atoms with E-state index in [1.165, 1.54) is 11.1 Å². The van der Waals surface area contributed by atoms with Gasteiger partial charge in [-0.3, -0.25) is 4.79 Å². The summed E-state index contributed by atoms with van der Waals surface area (Å²) in [5, 5.41) is 0. The van der Waals surface area contributed by atoms with Crippen LogP contribution in [0.25, 0.3) is 0 Å². The zero-order chi connectivity index (χ0) is 11.7. The van der Waals surface area contributed by atoms with Gasteiger partial charge in [-0.25, -0.2) is 0 Å². The molecule has 0 bridgehead atoms. The largest absolute Gasteiger partial charge is 0.490 e. The molecule has 2 heteroatoms. The monoisotopic (exact) mass is 228 g/mol. The van der Waals surface area contributed by atoms with Crippen LogP contribution in [-0.2, 0) is 16.0 Å². The highest BCUT2D eigenvalue weighted by molar-refractivity contribution is 5.99. The molecule has 0 N–H and O–H groups in total. The van der Waals surface area contributed by atoms with Crippen LogP contribution in [0.15, 0.2) is 36.1 Å². The number of benzene rings is 1. The van der Waals surface area contributed by atoms with Crippen molar-refractivity contribution in [2.75, 3.05) is 6.61 Å². The highest BCUT2D eigenvalue weighted by Crippen LogP contribution is 2.35. The number of aryl methyl sites for hydroxylation is 1. The maximum Gasteiger partial charge on any atom is 0.204 e. The van der Waals surface area contributed by atoms with Crippen molar-refractivity contribution in [2.24, 2.45) is 0 Å². The maximum atomic E-state index is 12.4. The van der Waals surface area contributed by atoms with E-state index in [0.717, 1.165) is 25.7 Å². The van der Waals surface area contributed by atoms with Crippen LogP contribution in [0, 0.1) is 0 Å². The number of allylic oxidation sites excluding steroid dienone is 2. The molecule has 1 aliphatic carbocycles. The molecule has 1 aromatic rings. The fraction of sp³-hybridized carbons (Fsp3) is 0.400. The van der Waals surface area contributed by atoms with Gasteiger partial charge in [-0.15, -0.1) is 0 Å². The Morgan fingerprint density at radius 3 is 3.00 bits per heavy atom. The zero-order valence-corrected chi connectivity index (χ0v) is 9.82. The third kappa shape index (κ3) is 1.88. The zero-order valence-electron chi connectivity index (χ0n) is 9.82. The SMILES string of the molecule is O=C(C1=CCCCO1)C1CCc2ccccc21. The molecule has 2 nitrogen and oxygen atoms in total. The van der Waals surface area contributed by atoms with E-state index in [2.05, 4.69) is 12.1 Å². The van der Waals surface area contributed by atoms with Crippen LogP contribution >= 0.6 is 0 Å². The third-order valence-corrected chi connectivity index (χ3v) is 3.63. The summed E-state index contributed by atoms with van der Waals surface area (Å²) in [4.78, 5) is 12.4. The van der Waals surface area contributed by atoms with Gasteiger partial charge in [0.2, 0.25) is 5.78 Å². The topological polar surface area (TPSA) is 26.3 Å². The van der Waals surface area contributed by atoms with Gasteiger partial charge in [-0.1, -0.05) is 24.3 Å². The fourth-order valence-electron chi connectivity index (χ4n) is 2.73. The molecule has 88 valence electrons. The number of hydrogen-bond donors (Lipinski definition) is 0. The first-order chi connectivity index (χ1) is 8.36. The lowest BCUT2D eigenvalue weighted by Crippen LogP contribution is -2.17. The lowest BCUT2D eigenvalue weighted by molar-refractivity contribution is -0.120. The molecular formula is C15H16O2. The van der Waals surface area contributed by atoms with E-state index in [9.17, 15) is 4.79 Å². The highest BCUT2D eigenvalue weighted by Gasteiger charge is 2.31. The van der Waals surface area contributed by atoms with Crippen LogP contribution in [0.4, 0.5) is 0 Å². The summed E-state index contributed by atoms with van der Waals surface area (Å²) < 4.78 is 5.48. The molecular weight excluding hydrogens is 212 g/mol. The van der Waals surface area contributed by atoms with Gasteiger partial charge in [0.05, 0.1) is 12.5 Å². The van der Waals surface area contributed by atoms with E-state index in [4.69, 9.17) is 4.74 Å². The van der Waals surface area contributed by atoms with E-state index in [0.29, 0.717) is 12.4 Å². The molecule has 0 saturated heterocycles. The van der Waals surface area contributed by atoms with Crippen molar-refractivity contribution >= 4 is 5.78 Å². The Kier molecular flexibility index (Phi) is 2.71. The maximum absolute atomic E-state index is 12.4. The van der Waals surface area contributed by atoms with Crippen molar-refractivity contribution in [1.82, 2.24) is 0 Å². The number of carbonyl (C=O) groups excluding carboxylic acids is 1. The molecule has 0 radical (unpaired) electrons. The van der Waals surface area contributed by atoms with Crippen molar-refractivity contribution in [3.8, 4) is 0 Å². The van der Waals surface area contributed by atoms with Crippen molar-refractivity contribution in [2.45, 2.75) is 31.6 Å². The van der Waals surface area contributed by atoms with Gasteiger partial charge in [0, 0.05) is 0 Å². The minimum absolute atomic E-state index is 0.0237. The summed E-state index contributed by atoms with van der Waals surface area (Å²) in [6, 6.07) is 8.26. The molecule has 0 saturated carbocycles. The first-order valence-corrected chi connectivity index (χ1v) is 6.31. The van der Waals surface area contributed by atoms with Crippen LogP contribution in [0.3, 0.4) is 0 Å². The van der Waals surface area contributed by atoms with E-state index in [1.54, 1.807) is 0 Å². The van der Waals surface area contributed by atoms with Gasteiger partial charge in [-0.05, 0) is 42.9 Å². The number of fused-ring (bicyclic) bond motifs is 1. The van der Waals surface area contributed by atoms with Gasteiger partial charge in [0.1, 0.15) is 0 Å². The Morgan fingerprint density at radius 2 is 2.18 bits per heavy atom. The molecule has 1 unspecified atom stereocenters. The molecule has 0 spiro atoms. The quantitative estimate of drug-likeness (QED) is 0.777. The van der Waals surface area contributed by atoms with Crippen LogP contribution in [0.1, 0.15) is 36.3 Å². The molecule has 0 fully saturated rings. The smallest absolute Gasteiger partial charge is 0.204 e. The minimum Gasteiger partial charge on any atom is -0.490 e. The Labute approximate surface area is 101 Å². The average molecular weight is 228 g/mol. The van der Waals surface area contributed by atoms with Crippen LogP contribution in [0.2, 0.25) is 0 Å². The van der Waals surface area contributed by atoms with Crippen molar-refractivity contribution in [1.29, 1.82) is 0 Å². The van der Waals surface area contributed by atoms with Crippen molar-refractivity contribution in [3.05, 3.63) is 47.2 Å². The van der Waals surface area contributed by atoms with Crippen molar-refractivity contribution in [3.63, 3.8) is 0 Å². The second kappa shape index (κ2) is 4.36. The molecule has 2 aliphatic rings. The second-order valence-corrected chi connectivity index (χ2v) is 4.71. The number of Topliss-reactive ketones (excluding diaryl/α,β-unsaturated/α-hetero) is 1. The number of carbonyl (C=O) groups is 1. The van der Waals surface area contributed by atoms with Crippen LogP contribution in [0.5, 0.6) is 0 Å². The van der Waals surface area contributed by atoms with E-state index >= 15 is 0 Å². The standard InChI is InChI=1S/C15H16O2/c16-15(14-7-3-4-10-17-14)13-9-8-11-5-1-2-6-12(11)13/h1-2,5-7,13H,3-4,8-10H2. The molecule has 1 heterocycles. The van der Waals surface area contributed by atoms with E-state index in [-0.39, 0.29) is 11.7 Å². The Morgan fingerprint density at radius 1 is 1.29 bits per heavy atom. The average Bonchev–Trinajstić information content (AvgIpc) is 2.83. The predicted octanol–water partition coefficient (Wildman–Crippen LogP) is 2.98. The second-order valence-electron chi connectivity index (χ2n) is 4.71. The van der Waals surface area contributed by atoms with Crippen molar-refractivity contribution < 1.29 is 9.53 Å². The summed E-state index contributed by atoms with van der Waals surface area (Å²) in [7, 11) is 0. The summed E-state index contributed by atoms with van der Waals surface area (Å²) >= 11 is 0. The van der Waals surface area contributed by atoms with Crippen LogP contribution < -0.4 is 0 Å². The lowest BCUT2D eigenvalue weighted by atomic mass is 9.94. The molecule has 0 aromatic heterocycles. The lowest BCUT2D eigenvalue weighted by Gasteiger charge is -2.17. The normalized spacial score (nSPS) is 22.6. The summed E-state index contributed by atoms with van der Waals surface area (Å²) in [5.41, 5.74) is 2.52. The van der Waals surface area contributed by atoms with Gasteiger partial charge >= 0.3 is 0 Å². The van der Waals surface area contributed by atoms with Crippen LogP contribution in [-0.4, -0.2) is 12.4 Å². The predicted molar refractivity (Wildman–Crippen MR) is 65.8 cm³/mol. The molecule has 1 atom stereocenters. The Hall–Kier alpha value is -1.57. The number of hydrogen-bond acceptors (Lipinski definition) is 2. The summed E-state index contributed by atoms with van der Waals surface area (Å²) in [5.74, 6) is 0.795. The fourth-order valence-corrected chi connectivity index (χ4v) is 2.73. The molecule has 17 heavy (non-hydrogen) atoms. The summed E-state index contributed by atoms with van der Waals surface area (Å²) in [6.07, 6.45) is 5.89. The first-order valence-electron chi connectivity index (χ1n) is 6.31. The van der Waals surface area contributed by atoms with Gasteiger partial charge in [-0.2, -0.15) is 0 Å². The number of rotatable bonds is 2. The number of ketones is 1. The minimum atomic E-state index is 0.0237. The number of ether oxygens (including phenoxy) is 1. The summed E-state index contributed by atoms with van der Waals surface area (Å²) in [6.45, 7) is 0.686. The molecule has 1 aromatic carbocycles. The first kappa shape index (κ1) is 10.6. The van der Waals surface area contributed by atoms with E-state index in [1.807, 2.05) is 18.2 Å². The Balaban J connectivity index is 1.87. The van der Waals surface area contributed by atoms with Gasteiger partial charge < -0.3 is 4.74 Å². The molecule has 1 aliphatic heterocycles. The molecule has 0 amide bonds. The van der Waals surface area contributed by atoms with Gasteiger partial charge in [0.15, 0.2) is 5.76 Å². The third-order valence-electron chi connectivity index (χ3n) is 3.63. The van der Waals surface area contributed by atoms with Gasteiger partial charge in [0.25, 0.3) is 0 Å².